The van der Waals surface area contributed by atoms with Crippen molar-refractivity contribution in [2.75, 3.05) is 0 Å². The molecule has 0 aliphatic rings. The summed E-state index contributed by atoms with van der Waals surface area (Å²) in [6.07, 6.45) is 1.30. The quantitative estimate of drug-likeness (QED) is 0.894. The molecule has 0 spiro atoms. The van der Waals surface area contributed by atoms with Crippen molar-refractivity contribution in [3.8, 4) is 0 Å². The van der Waals surface area contributed by atoms with Gasteiger partial charge in [-0.3, -0.25) is 4.79 Å². The molecule has 0 aromatic carbocycles. The molecule has 0 unspecified atom stereocenters. The molecule has 0 radical (unpaired) electrons. The van der Waals surface area contributed by atoms with Crippen LogP contribution in [-0.2, 0) is 0 Å². The number of carbonyl (C=O) groups is 1. The molecule has 3 nitrogen and oxygen atoms in total. The average Bonchev–Trinajstić information content (AvgIpc) is 2.13. The highest BCUT2D eigenvalue weighted by Crippen LogP contribution is 2.30. The molecule has 0 atom stereocenters. The number of pyridine rings is 1. The minimum atomic E-state index is -0.367. The standard InChI is InChI=1S/C9H9Cl3N2O/c1-4(2)14-9(15)8-7(12)6(11)5(10)3-13-8/h3-4H,1-2H3,(H,14,15). The van der Waals surface area contributed by atoms with E-state index in [1.807, 2.05) is 13.8 Å². The number of amides is 1. The third-order valence-electron chi connectivity index (χ3n) is 1.55. The molecule has 1 rings (SSSR count). The SMILES string of the molecule is CC(C)NC(=O)c1ncc(Cl)c(Cl)c1Cl. The summed E-state index contributed by atoms with van der Waals surface area (Å²) in [4.78, 5) is 15.4. The zero-order valence-corrected chi connectivity index (χ0v) is 10.4. The monoisotopic (exact) mass is 266 g/mol. The van der Waals surface area contributed by atoms with Crippen molar-refractivity contribution in [2.45, 2.75) is 19.9 Å². The summed E-state index contributed by atoms with van der Waals surface area (Å²) in [7, 11) is 0. The molecular weight excluding hydrogens is 258 g/mol. The smallest absolute Gasteiger partial charge is 0.271 e. The van der Waals surface area contributed by atoms with Gasteiger partial charge in [-0.05, 0) is 13.8 Å². The summed E-state index contributed by atoms with van der Waals surface area (Å²) in [6, 6.07) is 0.00446. The first-order chi connectivity index (χ1) is 6.93. The van der Waals surface area contributed by atoms with Crippen LogP contribution in [0.2, 0.25) is 15.1 Å². The molecule has 0 aliphatic heterocycles. The second-order valence-electron chi connectivity index (χ2n) is 3.21. The average molecular weight is 268 g/mol. The lowest BCUT2D eigenvalue weighted by Gasteiger charge is -2.09. The molecule has 0 fully saturated rings. The zero-order chi connectivity index (χ0) is 11.6. The Hall–Kier alpha value is -0.510. The van der Waals surface area contributed by atoms with Crippen LogP contribution >= 0.6 is 34.8 Å². The van der Waals surface area contributed by atoms with E-state index in [2.05, 4.69) is 10.3 Å². The summed E-state index contributed by atoms with van der Waals surface area (Å²) in [6.45, 7) is 3.67. The Kier molecular flexibility index (Phi) is 4.20. The Bertz CT molecular complexity index is 393. The van der Waals surface area contributed by atoms with Crippen molar-refractivity contribution < 1.29 is 4.79 Å². The van der Waals surface area contributed by atoms with Crippen LogP contribution in [0.3, 0.4) is 0 Å². The van der Waals surface area contributed by atoms with E-state index in [-0.39, 0.29) is 32.7 Å². The summed E-state index contributed by atoms with van der Waals surface area (Å²) < 4.78 is 0. The van der Waals surface area contributed by atoms with E-state index in [9.17, 15) is 4.79 Å². The van der Waals surface area contributed by atoms with Gasteiger partial charge in [0.05, 0.1) is 15.1 Å². The number of hydrogen-bond acceptors (Lipinski definition) is 2. The van der Waals surface area contributed by atoms with Crippen LogP contribution in [0.1, 0.15) is 24.3 Å². The van der Waals surface area contributed by atoms with Crippen LogP contribution < -0.4 is 5.32 Å². The van der Waals surface area contributed by atoms with Gasteiger partial charge in [0.1, 0.15) is 5.69 Å². The number of aromatic nitrogens is 1. The van der Waals surface area contributed by atoms with Gasteiger partial charge in [-0.15, -0.1) is 0 Å². The van der Waals surface area contributed by atoms with E-state index >= 15 is 0 Å². The summed E-state index contributed by atoms with van der Waals surface area (Å²) in [5.74, 6) is -0.367. The molecule has 0 saturated carbocycles. The van der Waals surface area contributed by atoms with Gasteiger partial charge in [-0.25, -0.2) is 4.98 Å². The Morgan fingerprint density at radius 2 is 1.93 bits per heavy atom. The molecule has 1 aromatic heterocycles. The minimum Gasteiger partial charge on any atom is -0.348 e. The molecule has 1 amide bonds. The van der Waals surface area contributed by atoms with E-state index < -0.39 is 0 Å². The highest BCUT2D eigenvalue weighted by molar-refractivity contribution is 6.48. The maximum atomic E-state index is 11.6. The summed E-state index contributed by atoms with van der Waals surface area (Å²) in [5, 5.41) is 3.10. The molecule has 6 heteroatoms. The number of carbonyl (C=O) groups excluding carboxylic acids is 1. The topological polar surface area (TPSA) is 42.0 Å². The van der Waals surface area contributed by atoms with Gasteiger partial charge >= 0.3 is 0 Å². The van der Waals surface area contributed by atoms with Crippen molar-refractivity contribution in [3.05, 3.63) is 27.0 Å². The number of halogens is 3. The molecule has 0 aliphatic carbocycles. The van der Waals surface area contributed by atoms with Gasteiger partial charge in [0, 0.05) is 12.2 Å². The molecule has 0 bridgehead atoms. The third kappa shape index (κ3) is 2.97. The van der Waals surface area contributed by atoms with Crippen LogP contribution in [0.5, 0.6) is 0 Å². The number of rotatable bonds is 2. The highest BCUT2D eigenvalue weighted by atomic mass is 35.5. The second-order valence-corrected chi connectivity index (χ2v) is 4.37. The van der Waals surface area contributed by atoms with Crippen molar-refractivity contribution >= 4 is 40.7 Å². The molecule has 0 saturated heterocycles. The van der Waals surface area contributed by atoms with Crippen molar-refractivity contribution in [1.82, 2.24) is 10.3 Å². The van der Waals surface area contributed by atoms with E-state index in [0.29, 0.717) is 0 Å². The minimum absolute atomic E-state index is 0.00446. The fraction of sp³-hybridized carbons (Fsp3) is 0.333. The van der Waals surface area contributed by atoms with Crippen molar-refractivity contribution in [3.63, 3.8) is 0 Å². The molecular formula is C9H9Cl3N2O. The summed E-state index contributed by atoms with van der Waals surface area (Å²) in [5.41, 5.74) is 0.0831. The van der Waals surface area contributed by atoms with Crippen LogP contribution in [0.25, 0.3) is 0 Å². The second kappa shape index (κ2) is 5.01. The van der Waals surface area contributed by atoms with Gasteiger partial charge in [-0.1, -0.05) is 34.8 Å². The van der Waals surface area contributed by atoms with Gasteiger partial charge in [0.15, 0.2) is 0 Å². The predicted octanol–water partition coefficient (Wildman–Crippen LogP) is 3.18. The lowest BCUT2D eigenvalue weighted by Crippen LogP contribution is -2.31. The Morgan fingerprint density at radius 3 is 2.47 bits per heavy atom. The van der Waals surface area contributed by atoms with Crippen LogP contribution in [0, 0.1) is 0 Å². The van der Waals surface area contributed by atoms with E-state index in [1.54, 1.807) is 0 Å². The van der Waals surface area contributed by atoms with Crippen LogP contribution in [-0.4, -0.2) is 16.9 Å². The van der Waals surface area contributed by atoms with Crippen molar-refractivity contribution in [1.29, 1.82) is 0 Å². The third-order valence-corrected chi connectivity index (χ3v) is 2.79. The Morgan fingerprint density at radius 1 is 1.33 bits per heavy atom. The maximum absolute atomic E-state index is 11.6. The van der Waals surface area contributed by atoms with Gasteiger partial charge < -0.3 is 5.32 Å². The fourth-order valence-electron chi connectivity index (χ4n) is 0.932. The van der Waals surface area contributed by atoms with E-state index in [4.69, 9.17) is 34.8 Å². The van der Waals surface area contributed by atoms with Crippen LogP contribution in [0.15, 0.2) is 6.20 Å². The van der Waals surface area contributed by atoms with Crippen molar-refractivity contribution in [2.24, 2.45) is 0 Å². The van der Waals surface area contributed by atoms with Gasteiger partial charge in [-0.2, -0.15) is 0 Å². The normalized spacial score (nSPS) is 10.5. The number of hydrogen-bond donors (Lipinski definition) is 1. The maximum Gasteiger partial charge on any atom is 0.271 e. The van der Waals surface area contributed by atoms with E-state index in [1.165, 1.54) is 6.20 Å². The number of nitrogens with one attached hydrogen (secondary N) is 1. The Labute approximate surface area is 103 Å². The first-order valence-corrected chi connectivity index (χ1v) is 5.37. The lowest BCUT2D eigenvalue weighted by molar-refractivity contribution is 0.0938. The molecule has 1 aromatic rings. The molecule has 15 heavy (non-hydrogen) atoms. The number of nitrogens with zero attached hydrogens (tertiary/aromatic N) is 1. The van der Waals surface area contributed by atoms with Crippen LogP contribution in [0.4, 0.5) is 0 Å². The zero-order valence-electron chi connectivity index (χ0n) is 8.14. The first-order valence-electron chi connectivity index (χ1n) is 4.23. The molecule has 82 valence electrons. The van der Waals surface area contributed by atoms with Gasteiger partial charge in [0.2, 0.25) is 0 Å². The Balaban J connectivity index is 3.06. The largest absolute Gasteiger partial charge is 0.348 e. The first kappa shape index (κ1) is 12.6. The molecule has 1 N–H and O–H groups in total. The summed E-state index contributed by atoms with van der Waals surface area (Å²) >= 11 is 17.3. The fourth-order valence-corrected chi connectivity index (χ4v) is 1.50. The molecule has 1 heterocycles. The highest BCUT2D eigenvalue weighted by Gasteiger charge is 2.17. The predicted molar refractivity (Wildman–Crippen MR) is 61.9 cm³/mol. The van der Waals surface area contributed by atoms with E-state index in [0.717, 1.165) is 0 Å². The lowest BCUT2D eigenvalue weighted by atomic mass is 10.3. The van der Waals surface area contributed by atoms with Gasteiger partial charge in [0.25, 0.3) is 5.91 Å².